The van der Waals surface area contributed by atoms with E-state index < -0.39 is 17.9 Å². The van der Waals surface area contributed by atoms with Crippen LogP contribution in [0.15, 0.2) is 24.3 Å². The number of ether oxygens (including phenoxy) is 1. The van der Waals surface area contributed by atoms with Gasteiger partial charge in [0.2, 0.25) is 0 Å². The molecule has 1 rings (SSSR count). The second-order valence-corrected chi connectivity index (χ2v) is 1.98. The predicted molar refractivity (Wildman–Crippen MR) is 44.4 cm³/mol. The van der Waals surface area contributed by atoms with Gasteiger partial charge in [-0.15, -0.1) is 13.2 Å². The van der Waals surface area contributed by atoms with Gasteiger partial charge in [-0.25, -0.2) is 4.39 Å². The summed E-state index contributed by atoms with van der Waals surface area (Å²) in [6.07, 6.45) is -4.85. The summed E-state index contributed by atoms with van der Waals surface area (Å²) >= 11 is 0. The average molecular weight is 210 g/mol. The summed E-state index contributed by atoms with van der Waals surface area (Å²) in [7, 11) is 0. The lowest BCUT2D eigenvalue weighted by atomic mass is 10.3. The molecule has 0 heterocycles. The fourth-order valence-electron chi connectivity index (χ4n) is 0.652. The van der Waals surface area contributed by atoms with Gasteiger partial charge < -0.3 is 4.74 Å². The molecule has 0 fully saturated rings. The molecule has 0 spiro atoms. The summed E-state index contributed by atoms with van der Waals surface area (Å²) < 4.78 is 50.4. The maximum atomic E-state index is 12.5. The molecular formula is C9H10F4O. The van der Waals surface area contributed by atoms with E-state index in [1.165, 1.54) is 12.1 Å². The molecule has 0 unspecified atom stereocenters. The van der Waals surface area contributed by atoms with Crippen LogP contribution in [0.3, 0.4) is 0 Å². The first-order valence-electron chi connectivity index (χ1n) is 3.99. The minimum atomic E-state index is -4.85. The van der Waals surface area contributed by atoms with Gasteiger partial charge in [-0.2, -0.15) is 0 Å². The highest BCUT2D eigenvalue weighted by atomic mass is 19.4. The second-order valence-electron chi connectivity index (χ2n) is 1.98. The largest absolute Gasteiger partial charge is 0.573 e. The lowest BCUT2D eigenvalue weighted by Gasteiger charge is -2.08. The van der Waals surface area contributed by atoms with Crippen LogP contribution in [0.2, 0.25) is 0 Å². The average Bonchev–Trinajstić information content (AvgIpc) is 2.10. The Balaban J connectivity index is 0.000000791. The van der Waals surface area contributed by atoms with Crippen LogP contribution in [0.5, 0.6) is 5.75 Å². The van der Waals surface area contributed by atoms with Crippen LogP contribution in [-0.2, 0) is 0 Å². The molecule has 0 saturated heterocycles. The number of hydrogen-bond donors (Lipinski definition) is 0. The van der Waals surface area contributed by atoms with Crippen LogP contribution in [0.1, 0.15) is 13.8 Å². The molecule has 0 radical (unpaired) electrons. The Labute approximate surface area is 79.3 Å². The molecule has 0 N–H and O–H groups in total. The van der Waals surface area contributed by atoms with Crippen LogP contribution in [0, 0.1) is 5.82 Å². The smallest absolute Gasteiger partial charge is 0.403 e. The Morgan fingerprint density at radius 3 is 2.00 bits per heavy atom. The number of rotatable bonds is 1. The zero-order chi connectivity index (χ0) is 11.2. The minimum absolute atomic E-state index is 0.815. The highest BCUT2D eigenvalue weighted by Crippen LogP contribution is 2.24. The summed E-state index contributed by atoms with van der Waals surface area (Å²) in [5, 5.41) is 0. The molecule has 0 amide bonds. The predicted octanol–water partition coefficient (Wildman–Crippen LogP) is 3.75. The normalized spacial score (nSPS) is 10.1. The molecule has 5 heteroatoms. The van der Waals surface area contributed by atoms with E-state index in [0.29, 0.717) is 0 Å². The lowest BCUT2D eigenvalue weighted by Crippen LogP contribution is -2.17. The lowest BCUT2D eigenvalue weighted by molar-refractivity contribution is -0.275. The molecular weight excluding hydrogens is 200 g/mol. The van der Waals surface area contributed by atoms with E-state index in [0.717, 1.165) is 12.1 Å². The molecule has 0 aliphatic heterocycles. The minimum Gasteiger partial charge on any atom is -0.403 e. The first-order chi connectivity index (χ1) is 6.49. The van der Waals surface area contributed by atoms with E-state index in [-0.39, 0.29) is 0 Å². The number of alkyl halides is 3. The maximum Gasteiger partial charge on any atom is 0.573 e. The molecule has 1 aromatic rings. The zero-order valence-electron chi connectivity index (χ0n) is 7.73. The fourth-order valence-corrected chi connectivity index (χ4v) is 0.652. The standard InChI is InChI=1S/C7H4F4O.C2H6/c8-5-3-1-2-4-6(5)12-7(9,10)11;1-2/h1-4H;1-2H3. The maximum absolute atomic E-state index is 12.5. The van der Waals surface area contributed by atoms with Gasteiger partial charge in [-0.1, -0.05) is 26.0 Å². The van der Waals surface area contributed by atoms with Crippen molar-refractivity contribution in [3.05, 3.63) is 30.1 Å². The number of para-hydroxylation sites is 1. The Kier molecular flexibility index (Phi) is 4.97. The quantitative estimate of drug-likeness (QED) is 0.641. The van der Waals surface area contributed by atoms with Crippen molar-refractivity contribution < 1.29 is 22.3 Å². The van der Waals surface area contributed by atoms with Crippen molar-refractivity contribution in [2.45, 2.75) is 20.2 Å². The number of halogens is 4. The van der Waals surface area contributed by atoms with Crippen molar-refractivity contribution in [2.24, 2.45) is 0 Å². The van der Waals surface area contributed by atoms with Crippen LogP contribution in [0.4, 0.5) is 17.6 Å². The van der Waals surface area contributed by atoms with Crippen molar-refractivity contribution >= 4 is 0 Å². The second kappa shape index (κ2) is 5.47. The van der Waals surface area contributed by atoms with E-state index >= 15 is 0 Å². The summed E-state index contributed by atoms with van der Waals surface area (Å²) in [6.45, 7) is 4.00. The fraction of sp³-hybridized carbons (Fsp3) is 0.333. The van der Waals surface area contributed by atoms with E-state index in [1.807, 2.05) is 13.8 Å². The van der Waals surface area contributed by atoms with Gasteiger partial charge >= 0.3 is 6.36 Å². The van der Waals surface area contributed by atoms with Gasteiger partial charge in [0, 0.05) is 0 Å². The van der Waals surface area contributed by atoms with E-state index in [4.69, 9.17) is 0 Å². The first kappa shape index (κ1) is 12.7. The molecule has 80 valence electrons. The van der Waals surface area contributed by atoms with E-state index in [2.05, 4.69) is 4.74 Å². The monoisotopic (exact) mass is 210 g/mol. The Morgan fingerprint density at radius 2 is 1.57 bits per heavy atom. The summed E-state index contributed by atoms with van der Waals surface area (Å²) in [5.41, 5.74) is 0. The molecule has 0 aliphatic rings. The SMILES string of the molecule is CC.Fc1ccccc1OC(F)(F)F. The topological polar surface area (TPSA) is 9.23 Å². The van der Waals surface area contributed by atoms with Crippen molar-refractivity contribution in [1.82, 2.24) is 0 Å². The molecule has 1 aromatic carbocycles. The zero-order valence-corrected chi connectivity index (χ0v) is 7.73. The van der Waals surface area contributed by atoms with Crippen molar-refractivity contribution in [2.75, 3.05) is 0 Å². The van der Waals surface area contributed by atoms with Gasteiger partial charge in [0.1, 0.15) is 0 Å². The van der Waals surface area contributed by atoms with Gasteiger partial charge in [-0.05, 0) is 12.1 Å². The van der Waals surface area contributed by atoms with Crippen LogP contribution >= 0.6 is 0 Å². The summed E-state index contributed by atoms with van der Waals surface area (Å²) in [4.78, 5) is 0. The third-order valence-corrected chi connectivity index (χ3v) is 1.06. The van der Waals surface area contributed by atoms with Gasteiger partial charge in [0.15, 0.2) is 11.6 Å². The molecule has 0 saturated carbocycles. The molecule has 0 aromatic heterocycles. The molecule has 0 aliphatic carbocycles. The summed E-state index contributed by atoms with van der Waals surface area (Å²) in [6, 6.07) is 4.33. The number of benzene rings is 1. The first-order valence-corrected chi connectivity index (χ1v) is 3.99. The van der Waals surface area contributed by atoms with Gasteiger partial charge in [0.05, 0.1) is 0 Å². The molecule has 0 bridgehead atoms. The van der Waals surface area contributed by atoms with Crippen LogP contribution in [-0.4, -0.2) is 6.36 Å². The Bertz CT molecular complexity index is 270. The highest BCUT2D eigenvalue weighted by Gasteiger charge is 2.32. The van der Waals surface area contributed by atoms with Crippen molar-refractivity contribution in [3.63, 3.8) is 0 Å². The highest BCUT2D eigenvalue weighted by molar-refractivity contribution is 5.23. The molecule has 1 nitrogen and oxygen atoms in total. The Hall–Kier alpha value is -1.26. The number of hydrogen-bond acceptors (Lipinski definition) is 1. The van der Waals surface area contributed by atoms with Gasteiger partial charge in [-0.3, -0.25) is 0 Å². The van der Waals surface area contributed by atoms with Gasteiger partial charge in [0.25, 0.3) is 0 Å². The molecule has 0 atom stereocenters. The van der Waals surface area contributed by atoms with Crippen molar-refractivity contribution in [3.8, 4) is 5.75 Å². The summed E-state index contributed by atoms with van der Waals surface area (Å²) in [5.74, 6) is -1.85. The van der Waals surface area contributed by atoms with E-state index in [1.54, 1.807) is 0 Å². The third kappa shape index (κ3) is 4.69. The third-order valence-electron chi connectivity index (χ3n) is 1.06. The van der Waals surface area contributed by atoms with Crippen LogP contribution in [0.25, 0.3) is 0 Å². The van der Waals surface area contributed by atoms with Crippen LogP contribution < -0.4 is 4.74 Å². The molecule has 14 heavy (non-hydrogen) atoms. The Morgan fingerprint density at radius 1 is 1.07 bits per heavy atom. The van der Waals surface area contributed by atoms with E-state index in [9.17, 15) is 17.6 Å². The van der Waals surface area contributed by atoms with Crippen molar-refractivity contribution in [1.29, 1.82) is 0 Å².